The minimum atomic E-state index is -3.17. The Hall–Kier alpha value is -2.01. The van der Waals surface area contributed by atoms with Crippen molar-refractivity contribution in [3.05, 3.63) is 53.6 Å². The van der Waals surface area contributed by atoms with Gasteiger partial charge in [0.25, 0.3) is 0 Å². The molecule has 0 atom stereocenters. The van der Waals surface area contributed by atoms with Gasteiger partial charge in [-0.3, -0.25) is 0 Å². The molecule has 0 aliphatic rings. The van der Waals surface area contributed by atoms with Crippen LogP contribution in [0.15, 0.2) is 47.4 Å². The Morgan fingerprint density at radius 2 is 1.67 bits per heavy atom. The molecule has 0 bridgehead atoms. The summed E-state index contributed by atoms with van der Waals surface area (Å²) in [7, 11) is -1.55. The van der Waals surface area contributed by atoms with Gasteiger partial charge in [0.1, 0.15) is 18.1 Å². The largest absolute Gasteiger partial charge is 0.497 e. The number of aryl methyl sites for hydroxylation is 1. The first-order valence-corrected chi connectivity index (χ1v) is 8.35. The maximum absolute atomic E-state index is 11.4. The summed E-state index contributed by atoms with van der Waals surface area (Å²) in [5.74, 6) is 1.42. The number of sulfone groups is 1. The Balaban J connectivity index is 2.08. The lowest BCUT2D eigenvalue weighted by molar-refractivity contribution is 0.305. The van der Waals surface area contributed by atoms with E-state index in [0.717, 1.165) is 16.9 Å². The topological polar surface area (TPSA) is 52.6 Å². The van der Waals surface area contributed by atoms with Gasteiger partial charge >= 0.3 is 0 Å². The molecule has 0 unspecified atom stereocenters. The van der Waals surface area contributed by atoms with Crippen molar-refractivity contribution in [2.75, 3.05) is 13.4 Å². The molecule has 0 aromatic heterocycles. The van der Waals surface area contributed by atoms with Gasteiger partial charge in [0, 0.05) is 6.26 Å². The summed E-state index contributed by atoms with van der Waals surface area (Å²) in [6.45, 7) is 2.39. The summed E-state index contributed by atoms with van der Waals surface area (Å²) in [5, 5.41) is 0. The van der Waals surface area contributed by atoms with E-state index in [1.54, 1.807) is 31.4 Å². The SMILES string of the molecule is COc1cc(C)cc(COc2ccc(S(C)(=O)=O)cc2)c1. The standard InChI is InChI=1S/C16H18O4S/c1-12-8-13(10-15(9-12)19-2)11-20-14-4-6-16(7-5-14)21(3,17)18/h4-10H,11H2,1-3H3. The Bertz CT molecular complexity index is 718. The fourth-order valence-electron chi connectivity index (χ4n) is 1.98. The molecule has 0 heterocycles. The van der Waals surface area contributed by atoms with Crippen molar-refractivity contribution in [1.82, 2.24) is 0 Å². The molecule has 5 heteroatoms. The van der Waals surface area contributed by atoms with Crippen LogP contribution in [0.4, 0.5) is 0 Å². The highest BCUT2D eigenvalue weighted by molar-refractivity contribution is 7.90. The van der Waals surface area contributed by atoms with Gasteiger partial charge in [-0.05, 0) is 54.4 Å². The van der Waals surface area contributed by atoms with E-state index in [1.165, 1.54) is 6.26 Å². The maximum Gasteiger partial charge on any atom is 0.175 e. The van der Waals surface area contributed by atoms with E-state index in [4.69, 9.17) is 9.47 Å². The minimum Gasteiger partial charge on any atom is -0.497 e. The first kappa shape index (κ1) is 15.4. The molecule has 0 amide bonds. The molecule has 0 saturated carbocycles. The van der Waals surface area contributed by atoms with Crippen molar-refractivity contribution < 1.29 is 17.9 Å². The molecular weight excluding hydrogens is 288 g/mol. The van der Waals surface area contributed by atoms with E-state index in [0.29, 0.717) is 12.4 Å². The lowest BCUT2D eigenvalue weighted by Crippen LogP contribution is -1.99. The Kier molecular flexibility index (Phi) is 4.53. The monoisotopic (exact) mass is 306 g/mol. The van der Waals surface area contributed by atoms with Gasteiger partial charge in [0.2, 0.25) is 0 Å². The van der Waals surface area contributed by atoms with E-state index < -0.39 is 9.84 Å². The van der Waals surface area contributed by atoms with Gasteiger partial charge in [0.15, 0.2) is 9.84 Å². The summed E-state index contributed by atoms with van der Waals surface area (Å²) >= 11 is 0. The molecule has 0 aliphatic carbocycles. The highest BCUT2D eigenvalue weighted by Gasteiger charge is 2.06. The Morgan fingerprint density at radius 3 is 2.24 bits per heavy atom. The molecule has 0 aliphatic heterocycles. The predicted octanol–water partition coefficient (Wildman–Crippen LogP) is 2.99. The van der Waals surface area contributed by atoms with Gasteiger partial charge < -0.3 is 9.47 Å². The van der Waals surface area contributed by atoms with Gasteiger partial charge in [-0.25, -0.2) is 8.42 Å². The second kappa shape index (κ2) is 6.18. The van der Waals surface area contributed by atoms with Crippen molar-refractivity contribution in [3.63, 3.8) is 0 Å². The minimum absolute atomic E-state index is 0.284. The van der Waals surface area contributed by atoms with Gasteiger partial charge in [-0.2, -0.15) is 0 Å². The Morgan fingerprint density at radius 1 is 1.00 bits per heavy atom. The van der Waals surface area contributed by atoms with Crippen molar-refractivity contribution in [2.24, 2.45) is 0 Å². The summed E-state index contributed by atoms with van der Waals surface area (Å²) in [6.07, 6.45) is 1.18. The Labute approximate surface area is 125 Å². The zero-order chi connectivity index (χ0) is 15.5. The average molecular weight is 306 g/mol. The first-order chi connectivity index (χ1) is 9.88. The normalized spacial score (nSPS) is 11.2. The molecule has 0 fully saturated rings. The number of ether oxygens (including phenoxy) is 2. The van der Waals surface area contributed by atoms with Gasteiger partial charge in [-0.15, -0.1) is 0 Å². The molecular formula is C16H18O4S. The molecule has 112 valence electrons. The number of methoxy groups -OCH3 is 1. The molecule has 0 radical (unpaired) electrons. The van der Waals surface area contributed by atoms with Gasteiger partial charge in [0.05, 0.1) is 12.0 Å². The third-order valence-electron chi connectivity index (χ3n) is 3.00. The second-order valence-electron chi connectivity index (χ2n) is 4.89. The fourth-order valence-corrected chi connectivity index (χ4v) is 2.61. The molecule has 21 heavy (non-hydrogen) atoms. The summed E-state index contributed by atoms with van der Waals surface area (Å²) in [4.78, 5) is 0.284. The summed E-state index contributed by atoms with van der Waals surface area (Å²) < 4.78 is 33.6. The van der Waals surface area contributed by atoms with Gasteiger partial charge in [-0.1, -0.05) is 6.07 Å². The van der Waals surface area contributed by atoms with Crippen LogP contribution in [0.1, 0.15) is 11.1 Å². The molecule has 0 spiro atoms. The van der Waals surface area contributed by atoms with E-state index >= 15 is 0 Å². The van der Waals surface area contributed by atoms with Crippen LogP contribution in [0.2, 0.25) is 0 Å². The lowest BCUT2D eigenvalue weighted by Gasteiger charge is -2.09. The van der Waals surface area contributed by atoms with Crippen molar-refractivity contribution >= 4 is 9.84 Å². The molecule has 0 N–H and O–H groups in total. The fraction of sp³-hybridized carbons (Fsp3) is 0.250. The molecule has 2 rings (SSSR count). The molecule has 0 saturated heterocycles. The van der Waals surface area contributed by atoms with Crippen LogP contribution in [-0.4, -0.2) is 21.8 Å². The maximum atomic E-state index is 11.4. The zero-order valence-corrected chi connectivity index (χ0v) is 13.1. The van der Waals surface area contributed by atoms with E-state index in [2.05, 4.69) is 0 Å². The molecule has 2 aromatic carbocycles. The first-order valence-electron chi connectivity index (χ1n) is 6.46. The number of hydrogen-bond donors (Lipinski definition) is 0. The average Bonchev–Trinajstić information content (AvgIpc) is 2.44. The van der Waals surface area contributed by atoms with Crippen molar-refractivity contribution in [1.29, 1.82) is 0 Å². The smallest absolute Gasteiger partial charge is 0.175 e. The molecule has 2 aromatic rings. The third kappa shape index (κ3) is 4.23. The number of rotatable bonds is 5. The highest BCUT2D eigenvalue weighted by Crippen LogP contribution is 2.20. The summed E-state index contributed by atoms with van der Waals surface area (Å²) in [6, 6.07) is 12.3. The van der Waals surface area contributed by atoms with Crippen LogP contribution >= 0.6 is 0 Å². The lowest BCUT2D eigenvalue weighted by atomic mass is 10.1. The van der Waals surface area contributed by atoms with E-state index in [1.807, 2.05) is 25.1 Å². The number of benzene rings is 2. The van der Waals surface area contributed by atoms with Crippen LogP contribution in [-0.2, 0) is 16.4 Å². The highest BCUT2D eigenvalue weighted by atomic mass is 32.2. The van der Waals surface area contributed by atoms with Crippen LogP contribution in [0.3, 0.4) is 0 Å². The zero-order valence-electron chi connectivity index (χ0n) is 12.3. The second-order valence-corrected chi connectivity index (χ2v) is 6.91. The van der Waals surface area contributed by atoms with Crippen molar-refractivity contribution in [2.45, 2.75) is 18.4 Å². The van der Waals surface area contributed by atoms with Crippen LogP contribution < -0.4 is 9.47 Å². The van der Waals surface area contributed by atoms with Crippen LogP contribution in [0, 0.1) is 6.92 Å². The number of hydrogen-bond acceptors (Lipinski definition) is 4. The van der Waals surface area contributed by atoms with Crippen LogP contribution in [0.5, 0.6) is 11.5 Å². The van der Waals surface area contributed by atoms with E-state index in [-0.39, 0.29) is 4.90 Å². The van der Waals surface area contributed by atoms with Crippen molar-refractivity contribution in [3.8, 4) is 11.5 Å². The van der Waals surface area contributed by atoms with E-state index in [9.17, 15) is 8.42 Å². The van der Waals surface area contributed by atoms with Crippen LogP contribution in [0.25, 0.3) is 0 Å². The third-order valence-corrected chi connectivity index (χ3v) is 4.13. The quantitative estimate of drug-likeness (QED) is 0.852. The predicted molar refractivity (Wildman–Crippen MR) is 81.6 cm³/mol. The molecule has 4 nitrogen and oxygen atoms in total. The summed E-state index contributed by atoms with van der Waals surface area (Å²) in [5.41, 5.74) is 2.10.